The first-order chi connectivity index (χ1) is 16.1. The zero-order valence-electron chi connectivity index (χ0n) is 18.2. The first kappa shape index (κ1) is 20.6. The Morgan fingerprint density at radius 3 is 2.73 bits per heavy atom. The van der Waals surface area contributed by atoms with Crippen LogP contribution in [0.25, 0.3) is 10.8 Å². The number of hydrazine groups is 1. The molecule has 5 aliphatic rings. The maximum absolute atomic E-state index is 13.6. The largest absolute Gasteiger partial charge is 0.335 e. The molecule has 0 aromatic heterocycles. The quantitative estimate of drug-likeness (QED) is 0.747. The number of halogens is 2. The molecule has 2 bridgehead atoms. The number of alkyl halides is 2. The number of carbonyl (C=O) groups excluding carboxylic acids is 1. The summed E-state index contributed by atoms with van der Waals surface area (Å²) in [6.45, 7) is 0.657. The van der Waals surface area contributed by atoms with Crippen LogP contribution in [0.4, 0.5) is 8.78 Å². The van der Waals surface area contributed by atoms with Gasteiger partial charge in [0.1, 0.15) is 6.34 Å². The molecule has 2 unspecified atom stereocenters. The number of carbonyl (C=O) groups is 1. The number of allylic oxidation sites excluding steroid dienone is 1. The van der Waals surface area contributed by atoms with Gasteiger partial charge in [-0.2, -0.15) is 0 Å². The van der Waals surface area contributed by atoms with Crippen molar-refractivity contribution in [3.63, 3.8) is 0 Å². The first-order valence-corrected chi connectivity index (χ1v) is 11.7. The molecule has 172 valence electrons. The Morgan fingerprint density at radius 1 is 1.06 bits per heavy atom. The highest BCUT2D eigenvalue weighted by Crippen LogP contribution is 2.43. The second kappa shape index (κ2) is 8.09. The van der Waals surface area contributed by atoms with E-state index in [-0.39, 0.29) is 23.8 Å². The summed E-state index contributed by atoms with van der Waals surface area (Å²) in [5.41, 5.74) is 4.70. The molecule has 2 N–H and O–H groups in total. The topological polar surface area (TPSA) is 60.0 Å². The highest BCUT2D eigenvalue weighted by Gasteiger charge is 2.44. The van der Waals surface area contributed by atoms with Crippen molar-refractivity contribution in [2.24, 2.45) is 16.8 Å². The molecule has 0 spiro atoms. The molecule has 1 aliphatic carbocycles. The van der Waals surface area contributed by atoms with Crippen molar-refractivity contribution in [3.05, 3.63) is 59.8 Å². The molecule has 2 aromatic rings. The normalized spacial score (nSPS) is 30.9. The number of nitrogens with one attached hydrogen (secondary N) is 2. The van der Waals surface area contributed by atoms with Gasteiger partial charge in [-0.3, -0.25) is 20.5 Å². The number of aliphatic imine (C=N–C) groups is 1. The molecule has 4 heterocycles. The van der Waals surface area contributed by atoms with Crippen molar-refractivity contribution in [2.45, 2.75) is 50.5 Å². The van der Waals surface area contributed by atoms with Crippen LogP contribution in [-0.2, 0) is 0 Å². The van der Waals surface area contributed by atoms with E-state index >= 15 is 0 Å². The highest BCUT2D eigenvalue weighted by atomic mass is 19.3. The van der Waals surface area contributed by atoms with Crippen LogP contribution in [-0.4, -0.2) is 53.5 Å². The van der Waals surface area contributed by atoms with Gasteiger partial charge in [-0.25, -0.2) is 13.8 Å². The molecule has 8 heteroatoms. The summed E-state index contributed by atoms with van der Waals surface area (Å²) < 4.78 is 27.2. The van der Waals surface area contributed by atoms with Gasteiger partial charge < -0.3 is 4.90 Å². The van der Waals surface area contributed by atoms with E-state index in [2.05, 4.69) is 15.7 Å². The molecular formula is C25H27F2N5O. The van der Waals surface area contributed by atoms with Crippen LogP contribution >= 0.6 is 0 Å². The van der Waals surface area contributed by atoms with Crippen LogP contribution in [0.1, 0.15) is 36.0 Å². The molecule has 4 aliphatic heterocycles. The molecule has 6 nitrogen and oxygen atoms in total. The maximum Gasteiger partial charge on any atom is 0.257 e. The number of amides is 1. The Kier molecular flexibility index (Phi) is 5.05. The van der Waals surface area contributed by atoms with E-state index in [0.29, 0.717) is 12.1 Å². The van der Waals surface area contributed by atoms with E-state index < -0.39 is 18.8 Å². The summed E-state index contributed by atoms with van der Waals surface area (Å²) in [5, 5.41) is 6.93. The van der Waals surface area contributed by atoms with Gasteiger partial charge >= 0.3 is 0 Å². The number of rotatable bonds is 3. The fourth-order valence-corrected chi connectivity index (χ4v) is 5.99. The van der Waals surface area contributed by atoms with Crippen molar-refractivity contribution < 1.29 is 13.6 Å². The summed E-state index contributed by atoms with van der Waals surface area (Å²) >= 11 is 0. The average Bonchev–Trinajstić information content (AvgIpc) is 3.14. The van der Waals surface area contributed by atoms with Gasteiger partial charge in [0.2, 0.25) is 0 Å². The van der Waals surface area contributed by atoms with Crippen molar-refractivity contribution in [3.8, 4) is 0 Å². The average molecular weight is 452 g/mol. The van der Waals surface area contributed by atoms with Crippen LogP contribution in [0.5, 0.6) is 0 Å². The second-order valence-electron chi connectivity index (χ2n) is 9.46. The van der Waals surface area contributed by atoms with Gasteiger partial charge in [0.15, 0.2) is 6.29 Å². The maximum atomic E-state index is 13.6. The van der Waals surface area contributed by atoms with Gasteiger partial charge in [-0.05, 0) is 60.6 Å². The van der Waals surface area contributed by atoms with E-state index in [4.69, 9.17) is 0 Å². The van der Waals surface area contributed by atoms with E-state index in [1.54, 1.807) is 12.4 Å². The van der Waals surface area contributed by atoms with Crippen LogP contribution in [0, 0.1) is 11.8 Å². The number of hydrogen-bond acceptors (Lipinski definition) is 5. The molecule has 0 radical (unpaired) electrons. The van der Waals surface area contributed by atoms with E-state index in [0.717, 1.165) is 42.2 Å². The Bertz CT molecular complexity index is 1130. The van der Waals surface area contributed by atoms with Crippen LogP contribution in [0.2, 0.25) is 0 Å². The fraction of sp³-hybridized carbons (Fsp3) is 0.440. The van der Waals surface area contributed by atoms with E-state index in [9.17, 15) is 13.6 Å². The lowest BCUT2D eigenvalue weighted by atomic mass is 9.83. The summed E-state index contributed by atoms with van der Waals surface area (Å²) in [5.74, 6) is 0.421. The lowest BCUT2D eigenvalue weighted by Gasteiger charge is -2.42. The molecule has 2 aromatic carbocycles. The summed E-state index contributed by atoms with van der Waals surface area (Å²) in [6.07, 6.45) is 3.93. The standard InChI is InChI=1S/C25H27F2N5O/c26-23(27)21-12-22(32-25(30-21)28-14-29-32)20-10-9-19-8-7-18(20)13-31(19)24(33)17-6-5-15-3-1-2-4-16(15)11-17/h1-6,11-12,14,18-21,23,25,30H,7-10,13H2,(H,28,29)/t18-,19+,20-,21?,25?/m0/s1. The van der Waals surface area contributed by atoms with Crippen LogP contribution in [0.15, 0.2) is 59.2 Å². The molecular weight excluding hydrogens is 424 g/mol. The minimum atomic E-state index is -2.49. The first-order valence-electron chi connectivity index (χ1n) is 11.7. The summed E-state index contributed by atoms with van der Waals surface area (Å²) in [7, 11) is 0. The van der Waals surface area contributed by atoms with Crippen molar-refractivity contribution >= 4 is 23.0 Å². The SMILES string of the molecule is O=C(c1ccc2ccccc2c1)N1C[C@@H]2CC[C@@H]1CC[C@@H]2C1=CC(C(F)F)NC2N=CNN12. The van der Waals surface area contributed by atoms with E-state index in [1.807, 2.05) is 52.4 Å². The van der Waals surface area contributed by atoms with E-state index in [1.165, 1.54) is 0 Å². The fourth-order valence-electron chi connectivity index (χ4n) is 5.99. The van der Waals surface area contributed by atoms with Gasteiger partial charge in [-0.15, -0.1) is 0 Å². The molecule has 2 saturated heterocycles. The predicted molar refractivity (Wildman–Crippen MR) is 122 cm³/mol. The van der Waals surface area contributed by atoms with Crippen LogP contribution < -0.4 is 10.7 Å². The molecule has 7 rings (SSSR count). The van der Waals surface area contributed by atoms with Crippen molar-refractivity contribution in [1.29, 1.82) is 0 Å². The number of fused-ring (bicyclic) bond motifs is 6. The predicted octanol–water partition coefficient (Wildman–Crippen LogP) is 3.72. The van der Waals surface area contributed by atoms with Crippen LogP contribution in [0.3, 0.4) is 0 Å². The van der Waals surface area contributed by atoms with Gasteiger partial charge in [0.05, 0.1) is 6.04 Å². The third-order valence-corrected chi connectivity index (χ3v) is 7.66. The molecule has 5 atom stereocenters. The number of nitrogens with zero attached hydrogens (tertiary/aromatic N) is 3. The van der Waals surface area contributed by atoms with Gasteiger partial charge in [0.25, 0.3) is 12.3 Å². The third-order valence-electron chi connectivity index (χ3n) is 7.66. The number of hydrogen-bond donors (Lipinski definition) is 2. The number of benzene rings is 2. The van der Waals surface area contributed by atoms with Gasteiger partial charge in [0, 0.05) is 29.8 Å². The zero-order chi connectivity index (χ0) is 22.5. The summed E-state index contributed by atoms with van der Waals surface area (Å²) in [4.78, 5) is 19.9. The van der Waals surface area contributed by atoms with Gasteiger partial charge in [-0.1, -0.05) is 30.3 Å². The summed E-state index contributed by atoms with van der Waals surface area (Å²) in [6, 6.07) is 13.1. The minimum absolute atomic E-state index is 0.0707. The molecule has 1 amide bonds. The zero-order valence-corrected chi connectivity index (χ0v) is 18.2. The number of piperidine rings is 1. The van der Waals surface area contributed by atoms with Crippen molar-refractivity contribution in [2.75, 3.05) is 6.54 Å². The Morgan fingerprint density at radius 2 is 1.88 bits per heavy atom. The Labute approximate surface area is 191 Å². The second-order valence-corrected chi connectivity index (χ2v) is 9.46. The highest BCUT2D eigenvalue weighted by molar-refractivity contribution is 5.98. The smallest absolute Gasteiger partial charge is 0.257 e. The Balaban J connectivity index is 1.27. The molecule has 3 fully saturated rings. The lowest BCUT2D eigenvalue weighted by molar-refractivity contribution is 0.0510. The third kappa shape index (κ3) is 3.57. The lowest BCUT2D eigenvalue weighted by Crippen LogP contribution is -2.56. The Hall–Kier alpha value is -3.00. The molecule has 33 heavy (non-hydrogen) atoms. The monoisotopic (exact) mass is 451 g/mol. The molecule has 1 saturated carbocycles. The van der Waals surface area contributed by atoms with Crippen molar-refractivity contribution in [1.82, 2.24) is 20.7 Å². The minimum Gasteiger partial charge on any atom is -0.335 e.